The Morgan fingerprint density at radius 1 is 1.37 bits per heavy atom. The first-order valence-electron chi connectivity index (χ1n) is 8.99. The molecule has 0 spiro atoms. The number of fused-ring (bicyclic) bond motifs is 1. The summed E-state index contributed by atoms with van der Waals surface area (Å²) in [5.74, 6) is 0.910. The van der Waals surface area contributed by atoms with Crippen LogP contribution in [-0.2, 0) is 16.0 Å². The van der Waals surface area contributed by atoms with Gasteiger partial charge in [0.1, 0.15) is 12.1 Å². The van der Waals surface area contributed by atoms with E-state index in [2.05, 4.69) is 25.0 Å². The second-order valence-corrected chi connectivity index (χ2v) is 6.86. The van der Waals surface area contributed by atoms with E-state index in [-0.39, 0.29) is 6.10 Å². The summed E-state index contributed by atoms with van der Waals surface area (Å²) in [6.45, 7) is 4.32. The van der Waals surface area contributed by atoms with Crippen LogP contribution in [0.1, 0.15) is 11.7 Å². The molecule has 0 saturated carbocycles. The quantitative estimate of drug-likeness (QED) is 0.762. The summed E-state index contributed by atoms with van der Waals surface area (Å²) in [5, 5.41) is 11.0. The monoisotopic (exact) mass is 431 g/mol. The molecule has 1 N–H and O–H groups in total. The van der Waals surface area contributed by atoms with Gasteiger partial charge in [-0.25, -0.2) is 14.8 Å². The van der Waals surface area contributed by atoms with Crippen molar-refractivity contribution in [3.63, 3.8) is 0 Å². The molecular weight excluding hydrogens is 411 g/mol. The number of carboxylic acids is 1. The lowest BCUT2D eigenvalue weighted by Gasteiger charge is -2.20. The zero-order chi connectivity index (χ0) is 21.9. The largest absolute Gasteiger partial charge is 0.490 e. The van der Waals surface area contributed by atoms with Crippen LogP contribution in [0.2, 0.25) is 0 Å². The van der Waals surface area contributed by atoms with Gasteiger partial charge in [0.05, 0.1) is 19.8 Å². The second kappa shape index (κ2) is 8.81. The van der Waals surface area contributed by atoms with Gasteiger partial charge >= 0.3 is 12.1 Å². The normalized spacial score (nSPS) is 23.0. The first kappa shape index (κ1) is 21.7. The van der Waals surface area contributed by atoms with Crippen LogP contribution < -0.4 is 9.64 Å². The van der Waals surface area contributed by atoms with Crippen molar-refractivity contribution in [2.75, 3.05) is 31.7 Å². The van der Waals surface area contributed by atoms with E-state index < -0.39 is 12.1 Å². The first-order valence-corrected chi connectivity index (χ1v) is 8.99. The molecule has 10 nitrogen and oxygen atoms in total. The predicted molar refractivity (Wildman–Crippen MR) is 93.9 cm³/mol. The summed E-state index contributed by atoms with van der Waals surface area (Å²) in [4.78, 5) is 23.8. The van der Waals surface area contributed by atoms with Crippen molar-refractivity contribution >= 4 is 11.8 Å². The molecule has 2 aliphatic heterocycles. The molecule has 0 bridgehead atoms. The zero-order valence-corrected chi connectivity index (χ0v) is 16.2. The molecule has 2 aliphatic rings. The Hall–Kier alpha value is -2.96. The number of aryl methyl sites for hydroxylation is 1. The summed E-state index contributed by atoms with van der Waals surface area (Å²) >= 11 is 0. The third-order valence-corrected chi connectivity index (χ3v) is 4.85. The second-order valence-electron chi connectivity index (χ2n) is 6.86. The Morgan fingerprint density at radius 2 is 2.10 bits per heavy atom. The number of nitrogens with zero attached hydrogens (tertiary/aromatic N) is 5. The van der Waals surface area contributed by atoms with E-state index in [0.29, 0.717) is 29.4 Å². The van der Waals surface area contributed by atoms with Gasteiger partial charge in [0, 0.05) is 31.5 Å². The highest BCUT2D eigenvalue weighted by Crippen LogP contribution is 2.37. The third kappa shape index (κ3) is 5.14. The van der Waals surface area contributed by atoms with Gasteiger partial charge in [-0.3, -0.25) is 0 Å². The minimum atomic E-state index is -5.08. The van der Waals surface area contributed by atoms with E-state index in [1.807, 2.05) is 13.0 Å². The van der Waals surface area contributed by atoms with Crippen molar-refractivity contribution < 1.29 is 37.1 Å². The first-order chi connectivity index (χ1) is 14.2. The van der Waals surface area contributed by atoms with Crippen LogP contribution in [0.15, 0.2) is 16.9 Å². The summed E-state index contributed by atoms with van der Waals surface area (Å²) in [6.07, 6.45) is -2.56. The third-order valence-electron chi connectivity index (χ3n) is 4.85. The van der Waals surface area contributed by atoms with Gasteiger partial charge < -0.3 is 24.0 Å². The number of rotatable bonds is 4. The lowest BCUT2D eigenvalue weighted by molar-refractivity contribution is -0.192. The van der Waals surface area contributed by atoms with Crippen LogP contribution in [0.25, 0.3) is 0 Å². The lowest BCUT2D eigenvalue weighted by atomic mass is 9.90. The average Bonchev–Trinajstić information content (AvgIpc) is 3.39. The van der Waals surface area contributed by atoms with E-state index in [1.165, 1.54) is 6.33 Å². The number of hydrogen-bond acceptors (Lipinski definition) is 9. The van der Waals surface area contributed by atoms with Crippen LogP contribution in [0, 0.1) is 18.8 Å². The standard InChI is InChI=1S/C15H19N5O3.C2HF3O2/c1-9-18-15(23-19-9)3-10-7-22-12-6-20(5-11(10)12)13-4-14(21-2)17-8-16-13;3-2(4,5)1(6)7/h4,8,10-12H,3,5-7H2,1-2H3;(H,6,7)/t10-,11+,12+;/m0./s1. The molecule has 0 amide bonds. The average molecular weight is 431 g/mol. The molecule has 13 heteroatoms. The Morgan fingerprint density at radius 3 is 2.70 bits per heavy atom. The molecule has 3 atom stereocenters. The lowest BCUT2D eigenvalue weighted by Crippen LogP contribution is -2.25. The van der Waals surface area contributed by atoms with Crippen molar-refractivity contribution in [1.82, 2.24) is 20.1 Å². The smallest absolute Gasteiger partial charge is 0.481 e. The van der Waals surface area contributed by atoms with E-state index in [0.717, 1.165) is 31.9 Å². The highest BCUT2D eigenvalue weighted by atomic mass is 19.4. The minimum absolute atomic E-state index is 0.227. The molecule has 0 radical (unpaired) electrons. The molecule has 0 unspecified atom stereocenters. The number of ether oxygens (including phenoxy) is 2. The van der Waals surface area contributed by atoms with Gasteiger partial charge in [-0.2, -0.15) is 18.2 Å². The topological polar surface area (TPSA) is 124 Å². The van der Waals surface area contributed by atoms with Gasteiger partial charge in [0.15, 0.2) is 5.82 Å². The van der Waals surface area contributed by atoms with Crippen LogP contribution in [-0.4, -0.2) is 70.3 Å². The SMILES string of the molecule is COc1cc(N2C[C@@H]3[C@@H](Cc4nc(C)no4)CO[C@@H]3C2)ncn1.O=C(O)C(F)(F)F. The predicted octanol–water partition coefficient (Wildman–Crippen LogP) is 1.50. The molecular formula is C17H20F3N5O5. The minimum Gasteiger partial charge on any atom is -0.481 e. The Bertz CT molecular complexity index is 877. The zero-order valence-electron chi connectivity index (χ0n) is 16.2. The molecule has 164 valence electrons. The number of anilines is 1. The molecule has 2 fully saturated rings. The van der Waals surface area contributed by atoms with Gasteiger partial charge in [0.2, 0.25) is 11.8 Å². The number of hydrogen-bond donors (Lipinski definition) is 1. The molecule has 2 saturated heterocycles. The Kier molecular flexibility index (Phi) is 6.39. The van der Waals surface area contributed by atoms with E-state index in [9.17, 15) is 13.2 Å². The number of carboxylic acid groups (broad SMARTS) is 1. The van der Waals surface area contributed by atoms with E-state index >= 15 is 0 Å². The van der Waals surface area contributed by atoms with E-state index in [4.69, 9.17) is 23.9 Å². The molecule has 2 aromatic heterocycles. The summed E-state index contributed by atoms with van der Waals surface area (Å²) in [6, 6.07) is 1.86. The highest BCUT2D eigenvalue weighted by Gasteiger charge is 2.44. The van der Waals surface area contributed by atoms with Gasteiger partial charge in [-0.1, -0.05) is 5.16 Å². The van der Waals surface area contributed by atoms with Crippen molar-refractivity contribution in [2.24, 2.45) is 11.8 Å². The summed E-state index contributed by atoms with van der Waals surface area (Å²) in [7, 11) is 1.61. The van der Waals surface area contributed by atoms with Crippen LogP contribution in [0.4, 0.5) is 19.0 Å². The number of halogens is 3. The van der Waals surface area contributed by atoms with Gasteiger partial charge in [0.25, 0.3) is 0 Å². The van der Waals surface area contributed by atoms with Crippen LogP contribution in [0.3, 0.4) is 0 Å². The fourth-order valence-corrected chi connectivity index (χ4v) is 3.46. The molecule has 0 aromatic carbocycles. The summed E-state index contributed by atoms with van der Waals surface area (Å²) in [5.41, 5.74) is 0. The van der Waals surface area contributed by atoms with Crippen LogP contribution in [0.5, 0.6) is 5.88 Å². The maximum Gasteiger partial charge on any atom is 0.490 e. The molecule has 4 rings (SSSR count). The molecule has 2 aromatic rings. The number of alkyl halides is 3. The maximum absolute atomic E-state index is 10.6. The van der Waals surface area contributed by atoms with Crippen LogP contribution >= 0.6 is 0 Å². The summed E-state index contributed by atoms with van der Waals surface area (Å²) < 4.78 is 48.1. The fraction of sp³-hybridized carbons (Fsp3) is 0.588. The molecule has 0 aliphatic carbocycles. The number of aliphatic carboxylic acids is 1. The number of carbonyl (C=O) groups is 1. The van der Waals surface area contributed by atoms with Gasteiger partial charge in [-0.05, 0) is 12.8 Å². The molecule has 30 heavy (non-hydrogen) atoms. The van der Waals surface area contributed by atoms with Crippen molar-refractivity contribution in [1.29, 1.82) is 0 Å². The van der Waals surface area contributed by atoms with Crippen molar-refractivity contribution in [2.45, 2.75) is 25.6 Å². The number of methoxy groups -OCH3 is 1. The highest BCUT2D eigenvalue weighted by molar-refractivity contribution is 5.73. The fourth-order valence-electron chi connectivity index (χ4n) is 3.46. The molecule has 4 heterocycles. The van der Waals surface area contributed by atoms with Crippen molar-refractivity contribution in [3.8, 4) is 5.88 Å². The Labute approximate surface area is 169 Å². The Balaban J connectivity index is 0.000000318. The van der Waals surface area contributed by atoms with Crippen molar-refractivity contribution in [3.05, 3.63) is 24.1 Å². The number of aromatic nitrogens is 4. The maximum atomic E-state index is 10.6. The van der Waals surface area contributed by atoms with E-state index in [1.54, 1.807) is 7.11 Å². The van der Waals surface area contributed by atoms with Gasteiger partial charge in [-0.15, -0.1) is 0 Å².